The molecule has 2 amide bonds. The molecule has 0 spiro atoms. The Morgan fingerprint density at radius 3 is 1.00 bits per heavy atom. The normalized spacial score (nSPS) is 20.5. The summed E-state index contributed by atoms with van der Waals surface area (Å²) >= 11 is 0. The van der Waals surface area contributed by atoms with Crippen LogP contribution in [0.5, 0.6) is 0 Å². The second-order valence-corrected chi connectivity index (χ2v) is 37.2. The van der Waals surface area contributed by atoms with Gasteiger partial charge in [-0.25, -0.2) is 9.13 Å². The van der Waals surface area contributed by atoms with Gasteiger partial charge in [-0.15, -0.1) is 0 Å². The Morgan fingerprint density at radius 2 is 0.636 bits per heavy atom. The standard InChI is InChI=1S/C92H174N2O25P2/c1-7-13-19-25-31-37-43-49-55-61-73(96)67-79(98)93-86-90(117-84(103)70-76(64-58-52-46-40-34-28-22-16-10-4)113-82(101)66-60-54-48-42-36-30-24-18-12-6)88(118-120(105,106)107)77(71-95)114-91(86)111-72-78-87(104)89(116-83(102)68-74(97)62-56-50-44-38-32-26-20-14-8-2)85(92(115-78)119-121(108,109)110)94-80(99)69-75(63-57-51-45-39-33-27-21-15-9-3)112-81(100)65-59-53-47-41-35-29-23-17-11-5/h73-78,85-92,95-97,104H,7-72H2,1-6H3,(H,93,98)(H,94,99)(H2,105,106,107)(H2,108,109,110)/t73-,74-,75-,76-,77-,78-,85-,86-,87-,88-,89-,90-,91-,92-/m1/s1. The molecule has 712 valence electrons. The molecule has 0 aromatic rings. The van der Waals surface area contributed by atoms with Crippen molar-refractivity contribution in [3.05, 3.63) is 0 Å². The molecule has 10 N–H and O–H groups in total. The topological polar surface area (TPSA) is 406 Å². The Balaban J connectivity index is 2.79. The summed E-state index contributed by atoms with van der Waals surface area (Å²) in [4.78, 5) is 128. The molecule has 2 fully saturated rings. The number of amides is 2. The number of carbonyl (C=O) groups excluding carboxylic acids is 6. The highest BCUT2D eigenvalue weighted by atomic mass is 31.2. The van der Waals surface area contributed by atoms with Gasteiger partial charge >= 0.3 is 39.5 Å². The lowest BCUT2D eigenvalue weighted by molar-refractivity contribution is -0.297. The highest BCUT2D eigenvalue weighted by Gasteiger charge is 2.55. The van der Waals surface area contributed by atoms with E-state index >= 15 is 0 Å². The van der Waals surface area contributed by atoms with Crippen LogP contribution in [-0.4, -0.2) is 175 Å². The number of carbonyl (C=O) groups is 6. The zero-order valence-electron chi connectivity index (χ0n) is 76.2. The van der Waals surface area contributed by atoms with Crippen LogP contribution in [0.15, 0.2) is 0 Å². The van der Waals surface area contributed by atoms with Gasteiger partial charge in [0.15, 0.2) is 24.8 Å². The third-order valence-corrected chi connectivity index (χ3v) is 24.4. The second kappa shape index (κ2) is 73.6. The molecule has 2 aliphatic rings. The summed E-state index contributed by atoms with van der Waals surface area (Å²) in [5.74, 6) is -5.03. The number of phosphoric acid groups is 2. The Bertz CT molecular complexity index is 2680. The average molecular weight is 1770 g/mol. The number of aliphatic hydroxyl groups is 4. The monoisotopic (exact) mass is 1770 g/mol. The van der Waals surface area contributed by atoms with Gasteiger partial charge in [-0.3, -0.25) is 37.8 Å². The lowest BCUT2D eigenvalue weighted by atomic mass is 9.95. The maximum Gasteiger partial charge on any atom is 0.472 e. The quantitative estimate of drug-likeness (QED) is 0.0117. The Labute approximate surface area is 729 Å². The first-order valence-corrected chi connectivity index (χ1v) is 51.8. The van der Waals surface area contributed by atoms with Gasteiger partial charge in [0.25, 0.3) is 0 Å². The van der Waals surface area contributed by atoms with Gasteiger partial charge in [-0.05, 0) is 51.4 Å². The van der Waals surface area contributed by atoms with E-state index in [2.05, 4.69) is 52.2 Å². The van der Waals surface area contributed by atoms with Crippen molar-refractivity contribution in [1.82, 2.24) is 10.6 Å². The van der Waals surface area contributed by atoms with E-state index in [4.69, 9.17) is 42.2 Å². The summed E-state index contributed by atoms with van der Waals surface area (Å²) in [7, 11) is -11.4. The summed E-state index contributed by atoms with van der Waals surface area (Å²) in [6, 6.07) is -3.86. The zero-order chi connectivity index (χ0) is 89.0. The number of aliphatic hydroxyl groups excluding tert-OH is 4. The summed E-state index contributed by atoms with van der Waals surface area (Å²) < 4.78 is 79.8. The minimum Gasteiger partial charge on any atom is -0.462 e. The van der Waals surface area contributed by atoms with Crippen molar-refractivity contribution in [2.75, 3.05) is 13.2 Å². The van der Waals surface area contributed by atoms with E-state index in [1.807, 2.05) is 0 Å². The number of ether oxygens (including phenoxy) is 7. The molecule has 2 heterocycles. The second-order valence-electron chi connectivity index (χ2n) is 34.8. The average Bonchev–Trinajstić information content (AvgIpc) is 0.774. The van der Waals surface area contributed by atoms with Crippen molar-refractivity contribution in [2.45, 2.75) is 538 Å². The van der Waals surface area contributed by atoms with E-state index in [-0.39, 0.29) is 38.5 Å². The van der Waals surface area contributed by atoms with E-state index in [1.54, 1.807) is 0 Å². The number of rotatable bonds is 82. The van der Waals surface area contributed by atoms with Crippen LogP contribution < -0.4 is 10.6 Å². The number of phosphoric ester groups is 2. The first kappa shape index (κ1) is 114. The molecule has 0 bridgehead atoms. The summed E-state index contributed by atoms with van der Waals surface area (Å²) in [6.07, 6.45) is 31.6. The van der Waals surface area contributed by atoms with Crippen molar-refractivity contribution >= 4 is 51.3 Å². The minimum atomic E-state index is -5.71. The zero-order valence-corrected chi connectivity index (χ0v) is 78.0. The molecule has 0 unspecified atom stereocenters. The first-order chi connectivity index (χ1) is 58.3. The van der Waals surface area contributed by atoms with Gasteiger partial charge < -0.3 is 83.8 Å². The van der Waals surface area contributed by atoms with Gasteiger partial charge in [-0.1, -0.05) is 363 Å². The first-order valence-electron chi connectivity index (χ1n) is 48.7. The van der Waals surface area contributed by atoms with E-state index < -0.39 is 176 Å². The largest absolute Gasteiger partial charge is 0.472 e. The Kier molecular flexibility index (Phi) is 69.3. The molecule has 2 rings (SSSR count). The molecule has 0 aliphatic carbocycles. The van der Waals surface area contributed by atoms with Crippen LogP contribution in [0.3, 0.4) is 0 Å². The van der Waals surface area contributed by atoms with E-state index in [0.29, 0.717) is 38.5 Å². The lowest BCUT2D eigenvalue weighted by Crippen LogP contribution is -2.68. The predicted octanol–water partition coefficient (Wildman–Crippen LogP) is 19.8. The molecule has 0 aromatic heterocycles. The predicted molar refractivity (Wildman–Crippen MR) is 471 cm³/mol. The van der Waals surface area contributed by atoms with Gasteiger partial charge in [0.05, 0.1) is 51.1 Å². The van der Waals surface area contributed by atoms with Gasteiger partial charge in [0, 0.05) is 12.8 Å². The Morgan fingerprint density at radius 1 is 0.339 bits per heavy atom. The molecule has 14 atom stereocenters. The van der Waals surface area contributed by atoms with Crippen molar-refractivity contribution in [1.29, 1.82) is 0 Å². The summed E-state index contributed by atoms with van der Waals surface area (Å²) in [5, 5.41) is 51.8. The molecular formula is C92H174N2O25P2. The summed E-state index contributed by atoms with van der Waals surface area (Å²) in [6.45, 7) is 10.9. The highest BCUT2D eigenvalue weighted by Crippen LogP contribution is 2.44. The smallest absolute Gasteiger partial charge is 0.462 e. The van der Waals surface area contributed by atoms with Crippen LogP contribution in [0.2, 0.25) is 0 Å². The van der Waals surface area contributed by atoms with Crippen LogP contribution in [0, 0.1) is 0 Å². The van der Waals surface area contributed by atoms with Crippen molar-refractivity contribution in [3.63, 3.8) is 0 Å². The van der Waals surface area contributed by atoms with Crippen LogP contribution >= 0.6 is 15.6 Å². The van der Waals surface area contributed by atoms with Crippen LogP contribution in [0.4, 0.5) is 0 Å². The Hall–Kier alpha value is -3.24. The molecule has 29 heteroatoms. The van der Waals surface area contributed by atoms with Crippen LogP contribution in [0.1, 0.15) is 452 Å². The fourth-order valence-corrected chi connectivity index (χ4v) is 17.3. The summed E-state index contributed by atoms with van der Waals surface area (Å²) in [5.41, 5.74) is 0. The van der Waals surface area contributed by atoms with Crippen molar-refractivity contribution in [3.8, 4) is 0 Å². The fourth-order valence-electron chi connectivity index (χ4n) is 16.2. The SMILES string of the molecule is CCCCCCCCCCCC(=O)O[C@H](CCCCCCCCCCC)CC(=O)N[C@H]1[C@@H](OP(=O)(O)O)O[C@H](CO[C@@H]2O[C@H](CO)[C@@H](OP(=O)(O)O)[C@H](OC(=O)C[C@@H](CCCCCCCCCCC)OC(=O)CCCCCCCCCCC)[C@H]2NC(=O)C[C@H](O)CCCCCCCCCCC)[C@@H](O)[C@@H]1OC(=O)C[C@H](O)CCCCCCCCCCC. The molecule has 0 radical (unpaired) electrons. The van der Waals surface area contributed by atoms with Crippen LogP contribution in [0.25, 0.3) is 0 Å². The number of hydrogen-bond acceptors (Lipinski definition) is 21. The maximum absolute atomic E-state index is 14.8. The molecular weight excluding hydrogens is 1590 g/mol. The van der Waals surface area contributed by atoms with Crippen molar-refractivity contribution < 1.29 is 120 Å². The third kappa shape index (κ3) is 60.2. The molecule has 2 saturated heterocycles. The fraction of sp³-hybridized carbons (Fsp3) is 0.935. The maximum atomic E-state index is 14.8. The number of esters is 4. The molecule has 27 nitrogen and oxygen atoms in total. The molecule has 121 heavy (non-hydrogen) atoms. The molecule has 0 saturated carbocycles. The van der Waals surface area contributed by atoms with Gasteiger partial charge in [-0.2, -0.15) is 0 Å². The third-order valence-electron chi connectivity index (χ3n) is 23.4. The van der Waals surface area contributed by atoms with E-state index in [0.717, 1.165) is 263 Å². The highest BCUT2D eigenvalue weighted by molar-refractivity contribution is 7.46. The number of hydrogen-bond donors (Lipinski definition) is 10. The van der Waals surface area contributed by atoms with Crippen molar-refractivity contribution in [2.24, 2.45) is 0 Å². The minimum absolute atomic E-state index is 0.0816. The number of unbranched alkanes of at least 4 members (excludes halogenated alkanes) is 48. The molecule has 2 aliphatic heterocycles. The van der Waals surface area contributed by atoms with E-state index in [9.17, 15) is 77.9 Å². The number of nitrogens with one attached hydrogen (secondary N) is 2. The van der Waals surface area contributed by atoms with E-state index in [1.165, 1.54) is 44.9 Å². The lowest BCUT2D eigenvalue weighted by Gasteiger charge is -2.47. The van der Waals surface area contributed by atoms with Gasteiger partial charge in [0.1, 0.15) is 48.7 Å². The molecule has 0 aromatic carbocycles. The van der Waals surface area contributed by atoms with Crippen LogP contribution in [-0.2, 0) is 80.1 Å². The van der Waals surface area contributed by atoms with Gasteiger partial charge in [0.2, 0.25) is 11.8 Å².